The van der Waals surface area contributed by atoms with Crippen LogP contribution in [0.1, 0.15) is 12.5 Å². The summed E-state index contributed by atoms with van der Waals surface area (Å²) in [6.07, 6.45) is -4.53. The van der Waals surface area contributed by atoms with Crippen LogP contribution in [-0.4, -0.2) is 76.7 Å². The van der Waals surface area contributed by atoms with Gasteiger partial charge in [-0.2, -0.15) is 5.26 Å². The van der Waals surface area contributed by atoms with Gasteiger partial charge in [0.2, 0.25) is 0 Å². The molecule has 4 N–H and O–H groups in total. The third kappa shape index (κ3) is 6.94. The molecule has 0 saturated heterocycles. The molecule has 0 aromatic heterocycles. The van der Waals surface area contributed by atoms with Gasteiger partial charge in [0.1, 0.15) is 0 Å². The number of hydrogen-bond acceptors (Lipinski definition) is 8. The van der Waals surface area contributed by atoms with Crippen molar-refractivity contribution < 1.29 is 30.0 Å². The van der Waals surface area contributed by atoms with E-state index >= 15 is 0 Å². The molecule has 1 aliphatic heterocycles. The molecule has 2 unspecified atom stereocenters. The number of aliphatic hydroxyl groups is 2. The third-order valence-electron chi connectivity index (χ3n) is 4.73. The van der Waals surface area contributed by atoms with Crippen molar-refractivity contribution in [2.45, 2.75) is 28.9 Å². The lowest BCUT2D eigenvalue weighted by Crippen LogP contribution is -2.39. The average Bonchev–Trinajstić information content (AvgIpc) is 2.77. The molecule has 3 rings (SSSR count). The molecule has 3 atom stereocenters. The molecule has 2 aromatic rings. The molecule has 1 heterocycles. The number of anilines is 2. The van der Waals surface area contributed by atoms with Gasteiger partial charge in [-0.05, 0) is 50.3 Å². The van der Waals surface area contributed by atoms with E-state index in [4.69, 9.17) is 20.4 Å². The van der Waals surface area contributed by atoms with Crippen molar-refractivity contribution in [2.24, 2.45) is 5.92 Å². The summed E-state index contributed by atoms with van der Waals surface area (Å²) in [5.41, 5.74) is 3.11. The fourth-order valence-corrected chi connectivity index (χ4v) is 4.43. The first-order valence-electron chi connectivity index (χ1n) is 10.1. The lowest BCUT2D eigenvalue weighted by Gasteiger charge is -2.35. The molecule has 2 aromatic carbocycles. The summed E-state index contributed by atoms with van der Waals surface area (Å²) < 4.78 is 0. The average molecular weight is 474 g/mol. The van der Waals surface area contributed by atoms with Gasteiger partial charge < -0.3 is 30.2 Å². The number of benzene rings is 2. The zero-order valence-corrected chi connectivity index (χ0v) is 19.4. The summed E-state index contributed by atoms with van der Waals surface area (Å²) >= 11 is 1.78. The van der Waals surface area contributed by atoms with Crippen LogP contribution in [0.25, 0.3) is 0 Å². The molecule has 0 radical (unpaired) electrons. The maximum absolute atomic E-state index is 9.77. The Bertz CT molecular complexity index is 1020. The standard InChI is InChI=1S/C19H21N3S.C4H6O6/c1-14(12-21(2)3)13-22-16-6-4-5-7-18(16)23-19-9-8-15(11-20)10-17(19)22;5-1(3(7)8)2(6)4(9)10/h4-10,14H,12-13H2,1-3H3;1-2,5-6H,(H,7,8)(H,9,10)/t;1-,2?/m.1/s1. The minimum Gasteiger partial charge on any atom is -0.479 e. The van der Waals surface area contributed by atoms with E-state index in [1.807, 2.05) is 12.1 Å². The summed E-state index contributed by atoms with van der Waals surface area (Å²) in [4.78, 5) is 26.6. The van der Waals surface area contributed by atoms with Crippen LogP contribution in [0, 0.1) is 17.2 Å². The van der Waals surface area contributed by atoms with Gasteiger partial charge in [-0.3, -0.25) is 0 Å². The van der Waals surface area contributed by atoms with Gasteiger partial charge in [0.05, 0.1) is 23.0 Å². The number of carboxylic acid groups (broad SMARTS) is 2. The van der Waals surface area contributed by atoms with Gasteiger partial charge in [-0.15, -0.1) is 0 Å². The molecule has 33 heavy (non-hydrogen) atoms. The van der Waals surface area contributed by atoms with Crippen LogP contribution in [0.5, 0.6) is 0 Å². The molecule has 0 spiro atoms. The monoisotopic (exact) mass is 473 g/mol. The van der Waals surface area contributed by atoms with E-state index in [-0.39, 0.29) is 0 Å². The highest BCUT2D eigenvalue weighted by Gasteiger charge is 2.29. The topological polar surface area (TPSA) is 145 Å². The van der Waals surface area contributed by atoms with E-state index in [1.54, 1.807) is 11.8 Å². The predicted molar refractivity (Wildman–Crippen MR) is 124 cm³/mol. The first-order valence-corrected chi connectivity index (χ1v) is 10.9. The Labute approximate surface area is 196 Å². The number of para-hydroxylation sites is 1. The predicted octanol–water partition coefficient (Wildman–Crippen LogP) is 2.24. The smallest absolute Gasteiger partial charge is 0.335 e. The van der Waals surface area contributed by atoms with E-state index in [0.29, 0.717) is 11.5 Å². The molecule has 0 saturated carbocycles. The van der Waals surface area contributed by atoms with Crippen molar-refractivity contribution in [3.05, 3.63) is 48.0 Å². The fraction of sp³-hybridized carbons (Fsp3) is 0.348. The van der Waals surface area contributed by atoms with E-state index in [0.717, 1.165) is 18.8 Å². The second kappa shape index (κ2) is 11.7. The lowest BCUT2D eigenvalue weighted by molar-refractivity contribution is -0.165. The first kappa shape index (κ1) is 26.2. The number of rotatable bonds is 7. The molecule has 0 amide bonds. The van der Waals surface area contributed by atoms with Crippen molar-refractivity contribution in [3.63, 3.8) is 0 Å². The van der Waals surface area contributed by atoms with Crippen molar-refractivity contribution in [2.75, 3.05) is 32.1 Å². The fourth-order valence-electron chi connectivity index (χ4n) is 3.36. The molecule has 0 fully saturated rings. The third-order valence-corrected chi connectivity index (χ3v) is 5.86. The van der Waals surface area contributed by atoms with Crippen LogP contribution in [0.3, 0.4) is 0 Å². The number of aliphatic carboxylic acids is 2. The maximum Gasteiger partial charge on any atom is 0.335 e. The highest BCUT2D eigenvalue weighted by Crippen LogP contribution is 2.48. The summed E-state index contributed by atoms with van der Waals surface area (Å²) in [6, 6.07) is 16.8. The van der Waals surface area contributed by atoms with Crippen LogP contribution in [0.15, 0.2) is 52.3 Å². The van der Waals surface area contributed by atoms with E-state index in [9.17, 15) is 14.9 Å². The van der Waals surface area contributed by atoms with Crippen molar-refractivity contribution in [1.29, 1.82) is 5.26 Å². The Morgan fingerprint density at radius 3 is 2.15 bits per heavy atom. The number of carboxylic acids is 2. The minimum absolute atomic E-state index is 0.528. The molecular formula is C23H27N3O6S. The van der Waals surface area contributed by atoms with E-state index in [1.165, 1.54) is 15.5 Å². The van der Waals surface area contributed by atoms with E-state index in [2.05, 4.69) is 67.2 Å². The number of carbonyl (C=O) groups is 2. The second-order valence-corrected chi connectivity index (χ2v) is 8.99. The first-order chi connectivity index (χ1) is 15.5. The quantitative estimate of drug-likeness (QED) is 0.472. The number of nitrogens with zero attached hydrogens (tertiary/aromatic N) is 3. The van der Waals surface area contributed by atoms with Gasteiger partial charge >= 0.3 is 11.9 Å². The SMILES string of the molecule is CC(CN(C)C)CN1c2ccccc2Sc2ccc(C#N)cc21.O=C(O)C(O)[C@@H](O)C(=O)O. The highest BCUT2D eigenvalue weighted by atomic mass is 32.2. The summed E-state index contributed by atoms with van der Waals surface area (Å²) in [5, 5.41) is 41.8. The van der Waals surface area contributed by atoms with Crippen LogP contribution in [-0.2, 0) is 9.59 Å². The zero-order chi connectivity index (χ0) is 24.7. The molecule has 176 valence electrons. The molecule has 0 aliphatic carbocycles. The van der Waals surface area contributed by atoms with E-state index < -0.39 is 24.1 Å². The van der Waals surface area contributed by atoms with Crippen LogP contribution in [0.4, 0.5) is 11.4 Å². The maximum atomic E-state index is 9.77. The Kier molecular flexibility index (Phi) is 9.25. The Morgan fingerprint density at radius 2 is 1.61 bits per heavy atom. The second-order valence-electron chi connectivity index (χ2n) is 7.91. The Morgan fingerprint density at radius 1 is 1.03 bits per heavy atom. The van der Waals surface area contributed by atoms with Gasteiger partial charge in [-0.25, -0.2) is 9.59 Å². The van der Waals surface area contributed by atoms with Crippen LogP contribution >= 0.6 is 11.8 Å². The molecule has 0 bridgehead atoms. The lowest BCUT2D eigenvalue weighted by atomic mass is 10.1. The van der Waals surface area contributed by atoms with Crippen molar-refractivity contribution in [1.82, 2.24) is 4.90 Å². The van der Waals surface area contributed by atoms with Gasteiger partial charge in [0.15, 0.2) is 12.2 Å². The summed E-state index contributed by atoms with van der Waals surface area (Å²) in [6.45, 7) is 4.26. The number of aliphatic hydroxyl groups excluding tert-OH is 2. The van der Waals surface area contributed by atoms with Gasteiger partial charge in [0.25, 0.3) is 0 Å². The molecular weight excluding hydrogens is 446 g/mol. The Balaban J connectivity index is 0.000000328. The van der Waals surface area contributed by atoms with Crippen molar-refractivity contribution >= 4 is 35.1 Å². The molecule has 10 heteroatoms. The highest BCUT2D eigenvalue weighted by molar-refractivity contribution is 7.99. The van der Waals surface area contributed by atoms with Gasteiger partial charge in [0, 0.05) is 22.9 Å². The summed E-state index contributed by atoms with van der Waals surface area (Å²) in [7, 11) is 4.22. The normalized spacial score (nSPS) is 14.6. The van der Waals surface area contributed by atoms with Gasteiger partial charge in [-0.1, -0.05) is 30.8 Å². The van der Waals surface area contributed by atoms with Crippen molar-refractivity contribution in [3.8, 4) is 6.07 Å². The number of fused-ring (bicyclic) bond motifs is 2. The molecule has 9 nitrogen and oxygen atoms in total. The zero-order valence-electron chi connectivity index (χ0n) is 18.5. The van der Waals surface area contributed by atoms with Crippen LogP contribution < -0.4 is 4.90 Å². The van der Waals surface area contributed by atoms with Crippen LogP contribution in [0.2, 0.25) is 0 Å². The Hall–Kier alpha value is -3.10. The largest absolute Gasteiger partial charge is 0.479 e. The minimum atomic E-state index is -2.27. The molecule has 1 aliphatic rings. The summed E-state index contributed by atoms with van der Waals surface area (Å²) in [5.74, 6) is -3.01. The number of hydrogen-bond donors (Lipinski definition) is 4. The number of nitriles is 1.